The van der Waals surface area contributed by atoms with Gasteiger partial charge in [-0.05, 0) is 53.1 Å². The molecule has 0 unspecified atom stereocenters. The Kier molecular flexibility index (Phi) is 4.02. The Hall–Kier alpha value is -1.41. The lowest BCUT2D eigenvalue weighted by atomic mass is 9.97. The minimum atomic E-state index is 0.579. The Balaban J connectivity index is 1.85. The second-order valence-corrected chi connectivity index (χ2v) is 6.72. The van der Waals surface area contributed by atoms with Crippen LogP contribution in [-0.2, 0) is 0 Å². The molecule has 0 amide bonds. The number of hydrogen-bond donors (Lipinski definition) is 0. The minimum absolute atomic E-state index is 0.579. The van der Waals surface area contributed by atoms with Crippen molar-refractivity contribution in [1.29, 1.82) is 0 Å². The zero-order valence-electron chi connectivity index (χ0n) is 12.2. The van der Waals surface area contributed by atoms with Gasteiger partial charge in [0.2, 0.25) is 0 Å². The van der Waals surface area contributed by atoms with E-state index >= 15 is 0 Å². The highest BCUT2D eigenvalue weighted by Crippen LogP contribution is 2.31. The molecule has 104 valence electrons. The summed E-state index contributed by atoms with van der Waals surface area (Å²) in [4.78, 5) is 0. The zero-order chi connectivity index (χ0) is 13.9. The summed E-state index contributed by atoms with van der Waals surface area (Å²) >= 11 is 1.94. The van der Waals surface area contributed by atoms with Gasteiger partial charge in [0, 0.05) is 18.0 Å². The lowest BCUT2D eigenvalue weighted by Crippen LogP contribution is -2.08. The summed E-state index contributed by atoms with van der Waals surface area (Å²) in [6.07, 6.45) is 1.29. The van der Waals surface area contributed by atoms with Gasteiger partial charge in [0.15, 0.2) is 0 Å². The molecule has 1 fully saturated rings. The molecule has 1 saturated heterocycles. The quantitative estimate of drug-likeness (QED) is 0.700. The molecule has 0 aromatic heterocycles. The lowest BCUT2D eigenvalue weighted by Gasteiger charge is -2.16. The van der Waals surface area contributed by atoms with Crippen LogP contribution in [0.4, 0.5) is 5.69 Å². The highest BCUT2D eigenvalue weighted by molar-refractivity contribution is 8.00. The van der Waals surface area contributed by atoms with Crippen LogP contribution in [0.2, 0.25) is 0 Å². The van der Waals surface area contributed by atoms with Crippen LogP contribution in [0.5, 0.6) is 0 Å². The summed E-state index contributed by atoms with van der Waals surface area (Å²) < 4.78 is 2.40. The maximum absolute atomic E-state index is 2.40. The average Bonchev–Trinajstić information content (AvgIpc) is 3.02. The van der Waals surface area contributed by atoms with Crippen molar-refractivity contribution in [2.45, 2.75) is 26.2 Å². The molecule has 2 heteroatoms. The Labute approximate surface area is 126 Å². The van der Waals surface area contributed by atoms with Crippen LogP contribution >= 0.6 is 11.9 Å². The molecular weight excluding hydrogens is 262 g/mol. The molecule has 0 radical (unpaired) electrons. The van der Waals surface area contributed by atoms with E-state index in [4.69, 9.17) is 0 Å². The highest BCUT2D eigenvalue weighted by Gasteiger charge is 2.13. The van der Waals surface area contributed by atoms with Crippen molar-refractivity contribution in [3.63, 3.8) is 0 Å². The van der Waals surface area contributed by atoms with Gasteiger partial charge in [-0.25, -0.2) is 0 Å². The molecule has 0 atom stereocenters. The van der Waals surface area contributed by atoms with Gasteiger partial charge in [-0.2, -0.15) is 0 Å². The predicted molar refractivity (Wildman–Crippen MR) is 90.4 cm³/mol. The van der Waals surface area contributed by atoms with Crippen molar-refractivity contribution in [3.05, 3.63) is 54.1 Å². The van der Waals surface area contributed by atoms with E-state index in [9.17, 15) is 0 Å². The molecule has 1 aliphatic rings. The van der Waals surface area contributed by atoms with Crippen LogP contribution in [0.1, 0.15) is 31.7 Å². The minimum Gasteiger partial charge on any atom is -0.316 e. The molecule has 0 bridgehead atoms. The molecule has 3 rings (SSSR count). The van der Waals surface area contributed by atoms with Crippen molar-refractivity contribution in [3.8, 4) is 11.1 Å². The van der Waals surface area contributed by atoms with Crippen molar-refractivity contribution in [1.82, 2.24) is 0 Å². The third kappa shape index (κ3) is 2.85. The van der Waals surface area contributed by atoms with Gasteiger partial charge in [0.05, 0.1) is 0 Å². The topological polar surface area (TPSA) is 3.24 Å². The first-order valence-electron chi connectivity index (χ1n) is 7.35. The predicted octanol–water partition coefficient (Wildman–Crippen LogP) is 5.34. The molecular formula is C18H21NS. The van der Waals surface area contributed by atoms with Gasteiger partial charge in [-0.15, -0.1) is 0 Å². The fourth-order valence-corrected chi connectivity index (χ4v) is 3.56. The number of rotatable bonds is 3. The van der Waals surface area contributed by atoms with E-state index in [1.165, 1.54) is 41.1 Å². The standard InChI is InChI=1S/C18H21NS/c1-14(2)16-5-3-6-17(13-16)15-7-9-18(10-8-15)19-11-4-12-20-19/h3,5-10,13-14H,4,11-12H2,1-2H3. The fraction of sp³-hybridized carbons (Fsp3) is 0.333. The number of hydrogen-bond acceptors (Lipinski definition) is 2. The molecule has 1 aliphatic heterocycles. The van der Waals surface area contributed by atoms with Gasteiger partial charge < -0.3 is 4.31 Å². The summed E-state index contributed by atoms with van der Waals surface area (Å²) in [5, 5.41) is 0. The molecule has 0 aliphatic carbocycles. The van der Waals surface area contributed by atoms with Crippen LogP contribution in [-0.4, -0.2) is 12.3 Å². The van der Waals surface area contributed by atoms with E-state index < -0.39 is 0 Å². The molecule has 0 N–H and O–H groups in total. The average molecular weight is 283 g/mol. The third-order valence-electron chi connectivity index (χ3n) is 3.79. The number of anilines is 1. The molecule has 2 aromatic carbocycles. The first kappa shape index (κ1) is 13.6. The van der Waals surface area contributed by atoms with Crippen molar-refractivity contribution in [2.24, 2.45) is 0 Å². The first-order valence-corrected chi connectivity index (χ1v) is 8.29. The summed E-state index contributed by atoms with van der Waals surface area (Å²) in [5.41, 5.74) is 5.36. The van der Waals surface area contributed by atoms with Crippen LogP contribution in [0, 0.1) is 0 Å². The van der Waals surface area contributed by atoms with Crippen LogP contribution in [0.25, 0.3) is 11.1 Å². The highest BCUT2D eigenvalue weighted by atomic mass is 32.2. The maximum Gasteiger partial charge on any atom is 0.0470 e. The SMILES string of the molecule is CC(C)c1cccc(-c2ccc(N3CCCS3)cc2)c1. The van der Waals surface area contributed by atoms with Crippen LogP contribution in [0.15, 0.2) is 48.5 Å². The van der Waals surface area contributed by atoms with E-state index in [0.29, 0.717) is 5.92 Å². The van der Waals surface area contributed by atoms with E-state index in [-0.39, 0.29) is 0 Å². The largest absolute Gasteiger partial charge is 0.316 e. The number of nitrogens with zero attached hydrogens (tertiary/aromatic N) is 1. The summed E-state index contributed by atoms with van der Waals surface area (Å²) in [5.74, 6) is 1.83. The third-order valence-corrected chi connectivity index (χ3v) is 4.97. The second-order valence-electron chi connectivity index (χ2n) is 5.62. The molecule has 0 spiro atoms. The summed E-state index contributed by atoms with van der Waals surface area (Å²) in [7, 11) is 0. The Morgan fingerprint density at radius 1 is 1.00 bits per heavy atom. The normalized spacial score (nSPS) is 15.1. The van der Waals surface area contributed by atoms with Crippen molar-refractivity contribution in [2.75, 3.05) is 16.6 Å². The molecule has 0 saturated carbocycles. The molecule has 20 heavy (non-hydrogen) atoms. The molecule has 1 heterocycles. The maximum atomic E-state index is 2.40. The zero-order valence-corrected chi connectivity index (χ0v) is 13.0. The van der Waals surface area contributed by atoms with Gasteiger partial charge in [0.1, 0.15) is 0 Å². The van der Waals surface area contributed by atoms with Crippen LogP contribution < -0.4 is 4.31 Å². The van der Waals surface area contributed by atoms with E-state index in [2.05, 4.69) is 66.7 Å². The smallest absolute Gasteiger partial charge is 0.0470 e. The van der Waals surface area contributed by atoms with Gasteiger partial charge >= 0.3 is 0 Å². The second kappa shape index (κ2) is 5.92. The summed E-state index contributed by atoms with van der Waals surface area (Å²) in [6, 6.07) is 17.9. The van der Waals surface area contributed by atoms with Crippen LogP contribution in [0.3, 0.4) is 0 Å². The van der Waals surface area contributed by atoms with E-state index in [1.54, 1.807) is 0 Å². The number of benzene rings is 2. The fourth-order valence-electron chi connectivity index (χ4n) is 2.55. The Morgan fingerprint density at radius 3 is 2.45 bits per heavy atom. The Morgan fingerprint density at radius 2 is 1.80 bits per heavy atom. The van der Waals surface area contributed by atoms with Crippen molar-refractivity contribution < 1.29 is 0 Å². The monoisotopic (exact) mass is 283 g/mol. The Bertz CT molecular complexity index is 568. The van der Waals surface area contributed by atoms with Gasteiger partial charge in [0.25, 0.3) is 0 Å². The van der Waals surface area contributed by atoms with E-state index in [0.717, 1.165) is 0 Å². The van der Waals surface area contributed by atoms with Gasteiger partial charge in [-0.1, -0.05) is 50.2 Å². The lowest BCUT2D eigenvalue weighted by molar-refractivity contribution is 0.867. The van der Waals surface area contributed by atoms with E-state index in [1.807, 2.05) is 11.9 Å². The summed E-state index contributed by atoms with van der Waals surface area (Å²) in [6.45, 7) is 5.66. The van der Waals surface area contributed by atoms with Gasteiger partial charge in [-0.3, -0.25) is 0 Å². The first-order chi connectivity index (χ1) is 9.74. The molecule has 1 nitrogen and oxygen atoms in total. The molecule has 2 aromatic rings. The van der Waals surface area contributed by atoms with Crippen molar-refractivity contribution >= 4 is 17.6 Å².